The van der Waals surface area contributed by atoms with Crippen LogP contribution >= 0.6 is 22.9 Å². The molecule has 2 aromatic carbocycles. The first-order valence-electron chi connectivity index (χ1n) is 7.42. The van der Waals surface area contributed by atoms with Gasteiger partial charge in [-0.25, -0.2) is 4.98 Å². The molecule has 0 spiro atoms. The smallest absolute Gasteiger partial charge is 0.257 e. The number of anilines is 2. The first kappa shape index (κ1) is 17.1. The molecule has 0 aliphatic rings. The molecule has 1 aromatic heterocycles. The summed E-state index contributed by atoms with van der Waals surface area (Å²) < 4.78 is 0. The summed E-state index contributed by atoms with van der Waals surface area (Å²) in [7, 11) is 0. The van der Waals surface area contributed by atoms with Crippen molar-refractivity contribution in [2.75, 3.05) is 10.6 Å². The van der Waals surface area contributed by atoms with Crippen molar-refractivity contribution in [3.8, 4) is 0 Å². The SMILES string of the molecule is Cc1cc(C(=O)Nc2nccs2)ccc1NC(=O)c1ccccc1Cl. The van der Waals surface area contributed by atoms with Crippen LogP contribution in [-0.4, -0.2) is 16.8 Å². The molecule has 5 nitrogen and oxygen atoms in total. The lowest BCUT2D eigenvalue weighted by Gasteiger charge is -2.11. The van der Waals surface area contributed by atoms with Crippen molar-refractivity contribution in [1.29, 1.82) is 0 Å². The molecule has 0 saturated heterocycles. The average molecular weight is 372 g/mol. The highest BCUT2D eigenvalue weighted by Crippen LogP contribution is 2.21. The van der Waals surface area contributed by atoms with Crippen molar-refractivity contribution in [1.82, 2.24) is 4.98 Å². The largest absolute Gasteiger partial charge is 0.322 e. The van der Waals surface area contributed by atoms with Gasteiger partial charge in [0.2, 0.25) is 0 Å². The molecule has 7 heteroatoms. The molecule has 2 amide bonds. The van der Waals surface area contributed by atoms with E-state index in [0.717, 1.165) is 5.56 Å². The minimum atomic E-state index is -0.298. The third-order valence-electron chi connectivity index (χ3n) is 3.51. The summed E-state index contributed by atoms with van der Waals surface area (Å²) in [5, 5.41) is 8.25. The van der Waals surface area contributed by atoms with Gasteiger partial charge >= 0.3 is 0 Å². The standard InChI is InChI=1S/C18H14ClN3O2S/c1-11-10-12(16(23)22-18-20-8-9-25-18)6-7-15(11)21-17(24)13-4-2-3-5-14(13)19/h2-10H,1H3,(H,21,24)(H,20,22,23). The van der Waals surface area contributed by atoms with Crippen LogP contribution in [0.2, 0.25) is 5.02 Å². The number of carbonyl (C=O) groups is 2. The van der Waals surface area contributed by atoms with Crippen LogP contribution in [0.4, 0.5) is 10.8 Å². The highest BCUT2D eigenvalue weighted by molar-refractivity contribution is 7.13. The number of aryl methyl sites for hydroxylation is 1. The van der Waals surface area contributed by atoms with E-state index in [-0.39, 0.29) is 11.8 Å². The summed E-state index contributed by atoms with van der Waals surface area (Å²) >= 11 is 7.39. The van der Waals surface area contributed by atoms with Crippen molar-refractivity contribution < 1.29 is 9.59 Å². The second-order valence-corrected chi connectivity index (χ2v) is 6.56. The predicted molar refractivity (Wildman–Crippen MR) is 101 cm³/mol. The van der Waals surface area contributed by atoms with Crippen LogP contribution in [0.1, 0.15) is 26.3 Å². The Balaban J connectivity index is 1.75. The second-order valence-electron chi connectivity index (χ2n) is 5.26. The lowest BCUT2D eigenvalue weighted by molar-refractivity contribution is 0.102. The molecule has 0 fully saturated rings. The number of amides is 2. The molecular weight excluding hydrogens is 358 g/mol. The number of carbonyl (C=O) groups excluding carboxylic acids is 2. The maximum atomic E-state index is 12.3. The number of thiazole rings is 1. The average Bonchev–Trinajstić information content (AvgIpc) is 3.10. The van der Waals surface area contributed by atoms with Gasteiger partial charge < -0.3 is 5.32 Å². The molecule has 3 rings (SSSR count). The molecule has 126 valence electrons. The molecule has 25 heavy (non-hydrogen) atoms. The van der Waals surface area contributed by atoms with Gasteiger partial charge in [0.05, 0.1) is 10.6 Å². The first-order chi connectivity index (χ1) is 12.0. The first-order valence-corrected chi connectivity index (χ1v) is 8.68. The summed E-state index contributed by atoms with van der Waals surface area (Å²) in [4.78, 5) is 28.6. The number of nitrogens with one attached hydrogen (secondary N) is 2. The molecule has 0 unspecified atom stereocenters. The Labute approximate surface area is 153 Å². The second kappa shape index (κ2) is 7.46. The Morgan fingerprint density at radius 1 is 1.08 bits per heavy atom. The van der Waals surface area contributed by atoms with Crippen LogP contribution < -0.4 is 10.6 Å². The highest BCUT2D eigenvalue weighted by Gasteiger charge is 2.13. The van der Waals surface area contributed by atoms with E-state index in [4.69, 9.17) is 11.6 Å². The fraction of sp³-hybridized carbons (Fsp3) is 0.0556. The summed E-state index contributed by atoms with van der Waals surface area (Å²) in [6.45, 7) is 1.82. The number of rotatable bonds is 4. The van der Waals surface area contributed by atoms with Crippen LogP contribution in [0.15, 0.2) is 54.0 Å². The van der Waals surface area contributed by atoms with E-state index in [0.29, 0.717) is 27.0 Å². The molecule has 0 radical (unpaired) electrons. The maximum Gasteiger partial charge on any atom is 0.257 e. The van der Waals surface area contributed by atoms with Crippen LogP contribution in [-0.2, 0) is 0 Å². The lowest BCUT2D eigenvalue weighted by atomic mass is 10.1. The highest BCUT2D eigenvalue weighted by atomic mass is 35.5. The number of nitrogens with zero attached hydrogens (tertiary/aromatic N) is 1. The van der Waals surface area contributed by atoms with Gasteiger partial charge in [-0.15, -0.1) is 11.3 Å². The Kier molecular flexibility index (Phi) is 5.11. The Hall–Kier alpha value is -2.70. The summed E-state index contributed by atoms with van der Waals surface area (Å²) in [5.41, 5.74) is 2.28. The Bertz CT molecular complexity index is 926. The van der Waals surface area contributed by atoms with E-state index in [1.165, 1.54) is 11.3 Å². The third-order valence-corrected chi connectivity index (χ3v) is 4.53. The monoisotopic (exact) mass is 371 g/mol. The van der Waals surface area contributed by atoms with Gasteiger partial charge in [-0.2, -0.15) is 0 Å². The fourth-order valence-electron chi connectivity index (χ4n) is 2.23. The molecule has 0 saturated carbocycles. The number of hydrogen-bond donors (Lipinski definition) is 2. The van der Waals surface area contributed by atoms with E-state index in [2.05, 4.69) is 15.6 Å². The molecule has 0 atom stereocenters. The topological polar surface area (TPSA) is 71.1 Å². The minimum absolute atomic E-state index is 0.248. The van der Waals surface area contributed by atoms with Gasteiger partial charge in [-0.05, 0) is 42.8 Å². The zero-order valence-electron chi connectivity index (χ0n) is 13.2. The van der Waals surface area contributed by atoms with Crippen LogP contribution in [0.3, 0.4) is 0 Å². The van der Waals surface area contributed by atoms with Crippen molar-refractivity contribution in [3.05, 3.63) is 75.8 Å². The number of aromatic nitrogens is 1. The van der Waals surface area contributed by atoms with Gasteiger partial charge in [0, 0.05) is 22.8 Å². The number of halogens is 1. The Morgan fingerprint density at radius 3 is 2.56 bits per heavy atom. The van der Waals surface area contributed by atoms with Crippen molar-refractivity contribution >= 4 is 45.6 Å². The van der Waals surface area contributed by atoms with Crippen molar-refractivity contribution in [2.45, 2.75) is 6.92 Å². The molecular formula is C18H14ClN3O2S. The van der Waals surface area contributed by atoms with E-state index in [1.54, 1.807) is 54.0 Å². The fourth-order valence-corrected chi connectivity index (χ4v) is 2.98. The van der Waals surface area contributed by atoms with Crippen LogP contribution in [0.5, 0.6) is 0 Å². The van der Waals surface area contributed by atoms with Gasteiger partial charge in [-0.1, -0.05) is 23.7 Å². The normalized spacial score (nSPS) is 10.3. The van der Waals surface area contributed by atoms with Gasteiger partial charge in [0.25, 0.3) is 11.8 Å². The van der Waals surface area contributed by atoms with Gasteiger partial charge in [-0.3, -0.25) is 14.9 Å². The van der Waals surface area contributed by atoms with Crippen LogP contribution in [0.25, 0.3) is 0 Å². The molecule has 1 heterocycles. The van der Waals surface area contributed by atoms with E-state index >= 15 is 0 Å². The third kappa shape index (κ3) is 4.04. The molecule has 0 aliphatic heterocycles. The summed E-state index contributed by atoms with van der Waals surface area (Å²) in [6, 6.07) is 11.9. The zero-order valence-corrected chi connectivity index (χ0v) is 14.8. The van der Waals surface area contributed by atoms with E-state index in [9.17, 15) is 9.59 Å². The lowest BCUT2D eigenvalue weighted by Crippen LogP contribution is -2.15. The predicted octanol–water partition coefficient (Wildman–Crippen LogP) is 4.61. The molecule has 0 aliphatic carbocycles. The quantitative estimate of drug-likeness (QED) is 0.703. The summed E-state index contributed by atoms with van der Waals surface area (Å²) in [5.74, 6) is -0.546. The van der Waals surface area contributed by atoms with Gasteiger partial charge in [0.15, 0.2) is 5.13 Å². The molecule has 3 aromatic rings. The van der Waals surface area contributed by atoms with E-state index < -0.39 is 0 Å². The zero-order chi connectivity index (χ0) is 17.8. The van der Waals surface area contributed by atoms with Gasteiger partial charge in [0.1, 0.15) is 0 Å². The maximum absolute atomic E-state index is 12.3. The van der Waals surface area contributed by atoms with Crippen LogP contribution in [0, 0.1) is 6.92 Å². The van der Waals surface area contributed by atoms with Crippen molar-refractivity contribution in [3.63, 3.8) is 0 Å². The molecule has 2 N–H and O–H groups in total. The molecule has 0 bridgehead atoms. The summed E-state index contributed by atoms with van der Waals surface area (Å²) in [6.07, 6.45) is 1.62. The Morgan fingerprint density at radius 2 is 1.88 bits per heavy atom. The minimum Gasteiger partial charge on any atom is -0.322 e. The number of hydrogen-bond acceptors (Lipinski definition) is 4. The number of benzene rings is 2. The van der Waals surface area contributed by atoms with E-state index in [1.807, 2.05) is 6.92 Å². The van der Waals surface area contributed by atoms with Crippen molar-refractivity contribution in [2.24, 2.45) is 0 Å².